The molecule has 0 aromatic carbocycles. The summed E-state index contributed by atoms with van der Waals surface area (Å²) < 4.78 is 5.08. The number of ether oxygens (including phenoxy) is 1. The van der Waals surface area contributed by atoms with Crippen LogP contribution in [0.5, 0.6) is 0 Å². The summed E-state index contributed by atoms with van der Waals surface area (Å²) in [4.78, 5) is 23.4. The number of hydrogen-bond acceptors (Lipinski definition) is 4. The monoisotopic (exact) mass is 380 g/mol. The highest BCUT2D eigenvalue weighted by Gasteiger charge is 2.29. The average Bonchev–Trinajstić information content (AvgIpc) is 3.01. The van der Waals surface area contributed by atoms with E-state index >= 15 is 0 Å². The lowest BCUT2D eigenvalue weighted by atomic mass is 9.92. The fourth-order valence-electron chi connectivity index (χ4n) is 3.77. The molecule has 4 heteroatoms. The van der Waals surface area contributed by atoms with Gasteiger partial charge in [-0.1, -0.05) is 57.6 Å². The number of unbranched alkanes of at least 4 members (excludes halogenated alkanes) is 5. The van der Waals surface area contributed by atoms with Crippen LogP contribution in [0.15, 0.2) is 11.6 Å². The fraction of sp³-hybridized carbons (Fsp3) is 0.826. The van der Waals surface area contributed by atoms with Gasteiger partial charge in [0.25, 0.3) is 0 Å². The van der Waals surface area contributed by atoms with E-state index < -0.39 is 0 Å². The van der Waals surface area contributed by atoms with Gasteiger partial charge in [0.05, 0.1) is 12.7 Å². The lowest BCUT2D eigenvalue weighted by Gasteiger charge is -2.16. The van der Waals surface area contributed by atoms with Crippen molar-refractivity contribution in [2.75, 3.05) is 6.61 Å². The quantitative estimate of drug-likeness (QED) is 0.231. The van der Waals surface area contributed by atoms with Gasteiger partial charge in [0, 0.05) is 25.2 Å². The van der Waals surface area contributed by atoms with Crippen molar-refractivity contribution in [3.63, 3.8) is 0 Å². The van der Waals surface area contributed by atoms with Crippen LogP contribution in [0.3, 0.4) is 0 Å². The van der Waals surface area contributed by atoms with Gasteiger partial charge in [-0.25, -0.2) is 0 Å². The fourth-order valence-corrected chi connectivity index (χ4v) is 3.77. The summed E-state index contributed by atoms with van der Waals surface area (Å²) in [5.41, 5.74) is 1.29. The predicted octanol–water partition coefficient (Wildman–Crippen LogP) is 5.52. The summed E-state index contributed by atoms with van der Waals surface area (Å²) in [5, 5.41) is 10.3. The Labute approximate surface area is 165 Å². The van der Waals surface area contributed by atoms with Crippen molar-refractivity contribution in [2.24, 2.45) is 5.92 Å². The standard InChI is InChI=1S/C23H40O4/c1-3-5-8-11-20(24)16-14-19-15-17-22(25)21(19)12-9-6-7-10-13-23(26)27-18-4-2/h14,21-22,25H,3-13,15-18H2,1-2H3/t21-,22+/m1/s1. The van der Waals surface area contributed by atoms with Crippen molar-refractivity contribution in [3.05, 3.63) is 11.6 Å². The van der Waals surface area contributed by atoms with Gasteiger partial charge >= 0.3 is 5.97 Å². The Balaban J connectivity index is 2.22. The van der Waals surface area contributed by atoms with Crippen LogP contribution in [-0.4, -0.2) is 29.6 Å². The van der Waals surface area contributed by atoms with Gasteiger partial charge in [-0.05, 0) is 38.5 Å². The first-order valence-corrected chi connectivity index (χ1v) is 11.1. The second-order valence-corrected chi connectivity index (χ2v) is 7.86. The molecule has 0 aromatic rings. The van der Waals surface area contributed by atoms with Crippen molar-refractivity contribution in [2.45, 2.75) is 110 Å². The summed E-state index contributed by atoms with van der Waals surface area (Å²) in [6.45, 7) is 4.67. The minimum absolute atomic E-state index is 0.0862. The van der Waals surface area contributed by atoms with E-state index in [9.17, 15) is 14.7 Å². The first kappa shape index (κ1) is 23.9. The van der Waals surface area contributed by atoms with Crippen LogP contribution in [0, 0.1) is 5.92 Å². The van der Waals surface area contributed by atoms with E-state index in [0.717, 1.165) is 70.6 Å². The Morgan fingerprint density at radius 3 is 2.52 bits per heavy atom. The van der Waals surface area contributed by atoms with E-state index in [2.05, 4.69) is 13.0 Å². The van der Waals surface area contributed by atoms with Gasteiger partial charge in [-0.2, -0.15) is 0 Å². The molecule has 1 fully saturated rings. The predicted molar refractivity (Wildman–Crippen MR) is 110 cm³/mol. The summed E-state index contributed by atoms with van der Waals surface area (Å²) in [5.74, 6) is 0.464. The van der Waals surface area contributed by atoms with Crippen LogP contribution in [0.25, 0.3) is 0 Å². The number of ketones is 1. The van der Waals surface area contributed by atoms with Gasteiger partial charge in [0.1, 0.15) is 5.78 Å². The molecule has 1 aliphatic carbocycles. The Bertz CT molecular complexity index is 455. The van der Waals surface area contributed by atoms with Crippen LogP contribution < -0.4 is 0 Å². The van der Waals surface area contributed by atoms with Crippen molar-refractivity contribution in [3.8, 4) is 0 Å². The highest BCUT2D eigenvalue weighted by Crippen LogP contribution is 2.35. The van der Waals surface area contributed by atoms with Gasteiger partial charge in [-0.3, -0.25) is 9.59 Å². The third-order valence-electron chi connectivity index (χ3n) is 5.43. The summed E-state index contributed by atoms with van der Waals surface area (Å²) in [6, 6.07) is 0. The SMILES string of the molecule is CCCCCC(=O)CC=C1CC[C@H](O)[C@@H]1CCCCCCC(=O)OCCC. The van der Waals surface area contributed by atoms with Crippen molar-refractivity contribution >= 4 is 11.8 Å². The van der Waals surface area contributed by atoms with E-state index in [1.165, 1.54) is 5.57 Å². The molecule has 0 unspecified atom stereocenters. The minimum Gasteiger partial charge on any atom is -0.466 e. The number of hydrogen-bond donors (Lipinski definition) is 1. The molecule has 4 nitrogen and oxygen atoms in total. The van der Waals surface area contributed by atoms with Crippen molar-refractivity contribution < 1.29 is 19.4 Å². The number of Topliss-reactive ketones (excluding diaryl/α,β-unsaturated/α-hetero) is 1. The first-order valence-electron chi connectivity index (χ1n) is 11.1. The third-order valence-corrected chi connectivity index (χ3v) is 5.43. The summed E-state index contributed by atoms with van der Waals surface area (Å²) in [7, 11) is 0. The van der Waals surface area contributed by atoms with E-state index in [1.807, 2.05) is 6.92 Å². The first-order chi connectivity index (χ1) is 13.1. The zero-order chi connectivity index (χ0) is 19.9. The molecule has 0 heterocycles. The molecule has 0 radical (unpaired) electrons. The molecular formula is C23H40O4. The molecule has 1 N–H and O–H groups in total. The number of allylic oxidation sites excluding steroid dienone is 1. The molecule has 0 aliphatic heterocycles. The van der Waals surface area contributed by atoms with Crippen molar-refractivity contribution in [1.82, 2.24) is 0 Å². The third kappa shape index (κ3) is 10.7. The maximum absolute atomic E-state index is 12.0. The van der Waals surface area contributed by atoms with Crippen LogP contribution in [0.4, 0.5) is 0 Å². The highest BCUT2D eigenvalue weighted by molar-refractivity contribution is 5.79. The van der Waals surface area contributed by atoms with Crippen molar-refractivity contribution in [1.29, 1.82) is 0 Å². The van der Waals surface area contributed by atoms with Crippen LogP contribution in [0.1, 0.15) is 104 Å². The number of carbonyl (C=O) groups excluding carboxylic acids is 2. The Hall–Kier alpha value is -1.16. The van der Waals surface area contributed by atoms with E-state index in [4.69, 9.17) is 4.74 Å². The Kier molecular flexibility index (Phi) is 13.1. The second kappa shape index (κ2) is 14.8. The largest absolute Gasteiger partial charge is 0.466 e. The number of aliphatic hydroxyl groups excluding tert-OH is 1. The molecule has 1 aliphatic rings. The molecule has 156 valence electrons. The molecular weight excluding hydrogens is 340 g/mol. The van der Waals surface area contributed by atoms with Crippen LogP contribution in [0.2, 0.25) is 0 Å². The van der Waals surface area contributed by atoms with Gasteiger partial charge < -0.3 is 9.84 Å². The number of rotatable bonds is 15. The number of carbonyl (C=O) groups is 2. The molecule has 0 saturated heterocycles. The minimum atomic E-state index is -0.254. The lowest BCUT2D eigenvalue weighted by Crippen LogP contribution is -2.14. The maximum atomic E-state index is 12.0. The Morgan fingerprint density at radius 1 is 1.04 bits per heavy atom. The molecule has 0 aromatic heterocycles. The topological polar surface area (TPSA) is 63.6 Å². The molecule has 0 amide bonds. The molecule has 2 atom stereocenters. The normalized spacial score (nSPS) is 20.9. The molecule has 1 saturated carbocycles. The van der Waals surface area contributed by atoms with Crippen LogP contribution in [-0.2, 0) is 14.3 Å². The van der Waals surface area contributed by atoms with Gasteiger partial charge in [0.15, 0.2) is 0 Å². The average molecular weight is 381 g/mol. The lowest BCUT2D eigenvalue weighted by molar-refractivity contribution is -0.143. The van der Waals surface area contributed by atoms with E-state index in [-0.39, 0.29) is 18.0 Å². The Morgan fingerprint density at radius 2 is 1.78 bits per heavy atom. The van der Waals surface area contributed by atoms with Gasteiger partial charge in [-0.15, -0.1) is 0 Å². The zero-order valence-corrected chi connectivity index (χ0v) is 17.5. The zero-order valence-electron chi connectivity index (χ0n) is 17.5. The van der Waals surface area contributed by atoms with Gasteiger partial charge in [0.2, 0.25) is 0 Å². The number of esters is 1. The molecule has 27 heavy (non-hydrogen) atoms. The van der Waals surface area contributed by atoms with E-state index in [1.54, 1.807) is 0 Å². The summed E-state index contributed by atoms with van der Waals surface area (Å²) in [6.07, 6.45) is 14.5. The second-order valence-electron chi connectivity index (χ2n) is 7.86. The number of aliphatic hydroxyl groups is 1. The highest BCUT2D eigenvalue weighted by atomic mass is 16.5. The molecule has 0 bridgehead atoms. The maximum Gasteiger partial charge on any atom is 0.305 e. The van der Waals surface area contributed by atoms with E-state index in [0.29, 0.717) is 31.7 Å². The smallest absolute Gasteiger partial charge is 0.305 e. The summed E-state index contributed by atoms with van der Waals surface area (Å²) >= 11 is 0. The van der Waals surface area contributed by atoms with Crippen LogP contribution >= 0.6 is 0 Å². The molecule has 1 rings (SSSR count). The molecule has 0 spiro atoms.